The second-order valence-corrected chi connectivity index (χ2v) is 8.37. The summed E-state index contributed by atoms with van der Waals surface area (Å²) in [5, 5.41) is 8.33. The Balaban J connectivity index is 1.84. The third-order valence-corrected chi connectivity index (χ3v) is 5.22. The maximum absolute atomic E-state index is 12.6. The highest BCUT2D eigenvalue weighted by atomic mass is 16.6. The molecule has 2 aliphatic rings. The Bertz CT molecular complexity index is 626. The van der Waals surface area contributed by atoms with Gasteiger partial charge in [-0.1, -0.05) is 0 Å². The third-order valence-electron chi connectivity index (χ3n) is 5.22. The summed E-state index contributed by atoms with van der Waals surface area (Å²) in [4.78, 5) is 14.4. The summed E-state index contributed by atoms with van der Waals surface area (Å²) in [6.45, 7) is 12.8. The molecule has 2 atom stereocenters. The van der Waals surface area contributed by atoms with Gasteiger partial charge in [0.15, 0.2) is 0 Å². The summed E-state index contributed by atoms with van der Waals surface area (Å²) in [5.41, 5.74) is 3.19. The van der Waals surface area contributed by atoms with Crippen LogP contribution in [0.4, 0.5) is 4.79 Å². The highest BCUT2D eigenvalue weighted by Gasteiger charge is 2.35. The molecule has 6 heteroatoms. The topological polar surface area (TPSA) is 59.4 Å². The molecule has 0 spiro atoms. The number of carbonyl (C=O) groups is 1. The predicted molar refractivity (Wildman–Crippen MR) is 97.8 cm³/mol. The zero-order chi connectivity index (χ0) is 18.2. The van der Waals surface area contributed by atoms with Gasteiger partial charge < -0.3 is 10.1 Å². The van der Waals surface area contributed by atoms with E-state index in [4.69, 9.17) is 9.84 Å². The van der Waals surface area contributed by atoms with Crippen LogP contribution in [-0.4, -0.2) is 46.0 Å². The molecule has 2 aliphatic heterocycles. The molecule has 2 unspecified atom stereocenters. The first-order chi connectivity index (χ1) is 11.8. The van der Waals surface area contributed by atoms with Crippen molar-refractivity contribution in [2.75, 3.05) is 19.6 Å². The van der Waals surface area contributed by atoms with Crippen LogP contribution >= 0.6 is 0 Å². The molecule has 1 aromatic heterocycles. The van der Waals surface area contributed by atoms with E-state index in [1.807, 2.05) is 25.7 Å². The minimum absolute atomic E-state index is 0.0288. The Morgan fingerprint density at radius 3 is 2.64 bits per heavy atom. The zero-order valence-electron chi connectivity index (χ0n) is 16.3. The molecule has 0 saturated carbocycles. The van der Waals surface area contributed by atoms with Crippen molar-refractivity contribution in [3.05, 3.63) is 17.0 Å². The van der Waals surface area contributed by atoms with E-state index in [0.29, 0.717) is 5.92 Å². The van der Waals surface area contributed by atoms with Crippen molar-refractivity contribution >= 4 is 6.09 Å². The van der Waals surface area contributed by atoms with Gasteiger partial charge in [-0.3, -0.25) is 4.90 Å². The molecule has 0 radical (unpaired) electrons. The number of likely N-dealkylation sites (tertiary alicyclic amines) is 1. The van der Waals surface area contributed by atoms with Crippen LogP contribution in [0.25, 0.3) is 0 Å². The highest BCUT2D eigenvalue weighted by Crippen LogP contribution is 2.34. The average molecular weight is 348 g/mol. The van der Waals surface area contributed by atoms with Gasteiger partial charge in [0.2, 0.25) is 0 Å². The summed E-state index contributed by atoms with van der Waals surface area (Å²) in [6.07, 6.45) is 4.08. The first kappa shape index (κ1) is 18.2. The molecule has 2 saturated heterocycles. The molecule has 1 aromatic rings. The SMILES string of the molecule is Cc1nn(C2CCCN2C(=O)OC(C)(C)C)c(C)c1C1CCCNC1. The molecule has 0 aromatic carbocycles. The standard InChI is InChI=1S/C19H32N4O2/c1-13-17(15-8-6-10-20-12-15)14(2)23(21-13)16-9-7-11-22(16)18(24)25-19(3,4)5/h15-16,20H,6-12H2,1-5H3. The van der Waals surface area contributed by atoms with E-state index in [1.165, 1.54) is 24.1 Å². The molecule has 0 aliphatic carbocycles. The molecular weight excluding hydrogens is 316 g/mol. The minimum atomic E-state index is -0.474. The Labute approximate surface area is 150 Å². The van der Waals surface area contributed by atoms with Crippen LogP contribution in [0, 0.1) is 13.8 Å². The average Bonchev–Trinajstić information content (AvgIpc) is 3.11. The minimum Gasteiger partial charge on any atom is -0.444 e. The van der Waals surface area contributed by atoms with Crippen LogP contribution in [0.15, 0.2) is 0 Å². The summed E-state index contributed by atoms with van der Waals surface area (Å²) in [6, 6.07) is 0. The second-order valence-electron chi connectivity index (χ2n) is 8.37. The molecule has 1 amide bonds. The van der Waals surface area contributed by atoms with Crippen molar-refractivity contribution in [3.8, 4) is 0 Å². The van der Waals surface area contributed by atoms with Crippen LogP contribution in [0.1, 0.15) is 75.5 Å². The fraction of sp³-hybridized carbons (Fsp3) is 0.789. The molecule has 1 N–H and O–H groups in total. The number of amides is 1. The molecule has 3 heterocycles. The number of nitrogens with one attached hydrogen (secondary N) is 1. The predicted octanol–water partition coefficient (Wildman–Crippen LogP) is 3.50. The Morgan fingerprint density at radius 2 is 2.00 bits per heavy atom. The fourth-order valence-corrected chi connectivity index (χ4v) is 4.19. The lowest BCUT2D eigenvalue weighted by Gasteiger charge is -2.29. The number of aryl methyl sites for hydroxylation is 1. The smallest absolute Gasteiger partial charge is 0.411 e. The molecule has 25 heavy (non-hydrogen) atoms. The van der Waals surface area contributed by atoms with Gasteiger partial charge in [-0.2, -0.15) is 5.10 Å². The number of nitrogens with zero attached hydrogens (tertiary/aromatic N) is 3. The van der Waals surface area contributed by atoms with Crippen molar-refractivity contribution in [3.63, 3.8) is 0 Å². The highest BCUT2D eigenvalue weighted by molar-refractivity contribution is 5.68. The molecular formula is C19H32N4O2. The van der Waals surface area contributed by atoms with Crippen LogP contribution < -0.4 is 5.32 Å². The van der Waals surface area contributed by atoms with E-state index in [2.05, 4.69) is 23.8 Å². The van der Waals surface area contributed by atoms with Gasteiger partial charge in [0.25, 0.3) is 0 Å². The van der Waals surface area contributed by atoms with Gasteiger partial charge in [0.1, 0.15) is 11.8 Å². The van der Waals surface area contributed by atoms with E-state index in [9.17, 15) is 4.79 Å². The van der Waals surface area contributed by atoms with Crippen LogP contribution in [-0.2, 0) is 4.74 Å². The molecule has 6 nitrogen and oxygen atoms in total. The number of carbonyl (C=O) groups excluding carboxylic acids is 1. The molecule has 0 bridgehead atoms. The van der Waals surface area contributed by atoms with Crippen molar-refractivity contribution in [2.45, 2.75) is 78.0 Å². The van der Waals surface area contributed by atoms with Crippen molar-refractivity contribution < 1.29 is 9.53 Å². The first-order valence-corrected chi connectivity index (χ1v) is 9.54. The lowest BCUT2D eigenvalue weighted by atomic mass is 9.90. The summed E-state index contributed by atoms with van der Waals surface area (Å²) in [5.74, 6) is 0.527. The van der Waals surface area contributed by atoms with Gasteiger partial charge in [-0.15, -0.1) is 0 Å². The van der Waals surface area contributed by atoms with Crippen LogP contribution in [0.5, 0.6) is 0 Å². The van der Waals surface area contributed by atoms with Gasteiger partial charge in [0, 0.05) is 30.3 Å². The second kappa shape index (κ2) is 6.98. The normalized spacial score (nSPS) is 24.6. The van der Waals surface area contributed by atoms with E-state index >= 15 is 0 Å². The first-order valence-electron chi connectivity index (χ1n) is 9.54. The van der Waals surface area contributed by atoms with Crippen molar-refractivity contribution in [2.24, 2.45) is 0 Å². The number of rotatable bonds is 2. The molecule has 3 rings (SSSR count). The summed E-state index contributed by atoms with van der Waals surface area (Å²) in [7, 11) is 0. The van der Waals surface area contributed by atoms with Gasteiger partial charge in [0.05, 0.1) is 5.69 Å². The Morgan fingerprint density at radius 1 is 1.24 bits per heavy atom. The van der Waals surface area contributed by atoms with Gasteiger partial charge in [-0.25, -0.2) is 9.48 Å². The number of hydrogen-bond donors (Lipinski definition) is 1. The Hall–Kier alpha value is -1.56. The summed E-state index contributed by atoms with van der Waals surface area (Å²) >= 11 is 0. The Kier molecular flexibility index (Phi) is 5.09. The van der Waals surface area contributed by atoms with Gasteiger partial charge in [-0.05, 0) is 66.8 Å². The van der Waals surface area contributed by atoms with Crippen molar-refractivity contribution in [1.82, 2.24) is 20.0 Å². The van der Waals surface area contributed by atoms with E-state index in [0.717, 1.165) is 38.2 Å². The largest absolute Gasteiger partial charge is 0.444 e. The number of aromatic nitrogens is 2. The van der Waals surface area contributed by atoms with Crippen LogP contribution in [0.3, 0.4) is 0 Å². The lowest BCUT2D eigenvalue weighted by Crippen LogP contribution is -2.38. The third kappa shape index (κ3) is 3.84. The zero-order valence-corrected chi connectivity index (χ0v) is 16.3. The summed E-state index contributed by atoms with van der Waals surface area (Å²) < 4.78 is 7.67. The number of hydrogen-bond acceptors (Lipinski definition) is 4. The molecule has 140 valence electrons. The monoisotopic (exact) mass is 348 g/mol. The number of piperidine rings is 1. The molecule has 2 fully saturated rings. The van der Waals surface area contributed by atoms with E-state index < -0.39 is 5.60 Å². The van der Waals surface area contributed by atoms with Crippen molar-refractivity contribution in [1.29, 1.82) is 0 Å². The lowest BCUT2D eigenvalue weighted by molar-refractivity contribution is 0.0147. The maximum Gasteiger partial charge on any atom is 0.411 e. The fourth-order valence-electron chi connectivity index (χ4n) is 4.19. The maximum atomic E-state index is 12.6. The van der Waals surface area contributed by atoms with Gasteiger partial charge >= 0.3 is 6.09 Å². The number of ether oxygens (including phenoxy) is 1. The quantitative estimate of drug-likeness (QED) is 0.889. The van der Waals surface area contributed by atoms with E-state index in [1.54, 1.807) is 0 Å². The van der Waals surface area contributed by atoms with Crippen LogP contribution in [0.2, 0.25) is 0 Å². The van der Waals surface area contributed by atoms with E-state index in [-0.39, 0.29) is 12.3 Å².